The first kappa shape index (κ1) is 21.5. The lowest BCUT2D eigenvalue weighted by Crippen LogP contribution is -2.61. The summed E-state index contributed by atoms with van der Waals surface area (Å²) in [6, 6.07) is 1.75. The number of aromatic nitrogens is 2. The van der Waals surface area contributed by atoms with Crippen molar-refractivity contribution in [2.75, 3.05) is 37.6 Å². The smallest absolute Gasteiger partial charge is 0.219 e. The third-order valence-electron chi connectivity index (χ3n) is 5.47. The molecular formula is C20H29ClN6O2. The Kier molecular flexibility index (Phi) is 6.14. The summed E-state index contributed by atoms with van der Waals surface area (Å²) in [5, 5.41) is 10.1. The van der Waals surface area contributed by atoms with Crippen LogP contribution in [0.3, 0.4) is 0 Å². The maximum Gasteiger partial charge on any atom is 0.219 e. The number of hydrogen-bond donors (Lipinski definition) is 2. The Morgan fingerprint density at radius 3 is 2.59 bits per heavy atom. The molecule has 2 aliphatic rings. The Balaban J connectivity index is 1.68. The lowest BCUT2D eigenvalue weighted by molar-refractivity contribution is -0.131. The van der Waals surface area contributed by atoms with Crippen LogP contribution < -0.4 is 10.6 Å². The van der Waals surface area contributed by atoms with Crippen molar-refractivity contribution in [3.8, 4) is 0 Å². The molecule has 1 spiro atoms. The standard InChI is InChI=1S/C20H29ClN6O2/c1-14(28)26-6-4-20(5-7-26)12-27(13-20)17-8-16(21)24-18(25-17)15(9-22)10-23-11-19(2,3)29/h8-10,29H,4-7,11-13,22H2,1-3H3. The van der Waals surface area contributed by atoms with Gasteiger partial charge in [0.05, 0.1) is 17.7 Å². The van der Waals surface area contributed by atoms with Gasteiger partial charge in [-0.1, -0.05) is 11.6 Å². The molecule has 0 unspecified atom stereocenters. The molecule has 0 aliphatic carbocycles. The highest BCUT2D eigenvalue weighted by Gasteiger charge is 2.45. The van der Waals surface area contributed by atoms with E-state index in [0.717, 1.165) is 44.8 Å². The Morgan fingerprint density at radius 1 is 1.38 bits per heavy atom. The number of piperidine rings is 1. The molecule has 8 nitrogen and oxygen atoms in total. The molecule has 0 aromatic carbocycles. The van der Waals surface area contributed by atoms with Crippen LogP contribution in [0.4, 0.5) is 5.82 Å². The molecule has 1 aromatic rings. The summed E-state index contributed by atoms with van der Waals surface area (Å²) in [6.45, 7) is 8.65. The molecular weight excluding hydrogens is 392 g/mol. The third kappa shape index (κ3) is 5.25. The van der Waals surface area contributed by atoms with Gasteiger partial charge in [0.15, 0.2) is 5.82 Å². The fraction of sp³-hybridized carbons (Fsp3) is 0.600. The molecule has 29 heavy (non-hydrogen) atoms. The van der Waals surface area contributed by atoms with Crippen molar-refractivity contribution in [3.05, 3.63) is 23.2 Å². The molecule has 158 valence electrons. The number of carbonyl (C=O) groups is 1. The summed E-state index contributed by atoms with van der Waals surface area (Å²) in [4.78, 5) is 28.8. The highest BCUT2D eigenvalue weighted by Crippen LogP contribution is 2.42. The van der Waals surface area contributed by atoms with E-state index in [0.29, 0.717) is 16.6 Å². The van der Waals surface area contributed by atoms with Gasteiger partial charge in [-0.3, -0.25) is 9.79 Å². The number of anilines is 1. The van der Waals surface area contributed by atoms with Crippen molar-refractivity contribution >= 4 is 35.1 Å². The van der Waals surface area contributed by atoms with Gasteiger partial charge < -0.3 is 20.6 Å². The van der Waals surface area contributed by atoms with Gasteiger partial charge in [0.25, 0.3) is 0 Å². The number of aliphatic hydroxyl groups is 1. The van der Waals surface area contributed by atoms with Crippen molar-refractivity contribution in [2.24, 2.45) is 16.1 Å². The highest BCUT2D eigenvalue weighted by molar-refractivity contribution is 6.29. The number of nitrogens with two attached hydrogens (primary N) is 1. The SMILES string of the molecule is CC(=O)N1CCC2(CC1)CN(c1cc(Cl)nc(C(C=NCC(C)(C)O)=CN)n1)C2. The van der Waals surface area contributed by atoms with Gasteiger partial charge in [-0.15, -0.1) is 0 Å². The van der Waals surface area contributed by atoms with Crippen LogP contribution >= 0.6 is 11.6 Å². The average molecular weight is 421 g/mol. The first-order chi connectivity index (χ1) is 13.6. The van der Waals surface area contributed by atoms with Gasteiger partial charge >= 0.3 is 0 Å². The summed E-state index contributed by atoms with van der Waals surface area (Å²) >= 11 is 6.24. The molecule has 3 heterocycles. The van der Waals surface area contributed by atoms with E-state index >= 15 is 0 Å². The van der Waals surface area contributed by atoms with Crippen LogP contribution in [0, 0.1) is 5.41 Å². The van der Waals surface area contributed by atoms with E-state index in [2.05, 4.69) is 19.9 Å². The number of carbonyl (C=O) groups excluding carboxylic acids is 1. The average Bonchev–Trinajstić information content (AvgIpc) is 2.62. The Morgan fingerprint density at radius 2 is 2.03 bits per heavy atom. The zero-order chi connectivity index (χ0) is 21.2. The number of hydrogen-bond acceptors (Lipinski definition) is 7. The Hall–Kier alpha value is -2.19. The van der Waals surface area contributed by atoms with Gasteiger partial charge in [-0.05, 0) is 26.7 Å². The molecule has 3 rings (SSSR count). The van der Waals surface area contributed by atoms with Crippen LogP contribution in [0.5, 0.6) is 0 Å². The van der Waals surface area contributed by atoms with Crippen LogP contribution in [0.15, 0.2) is 17.3 Å². The Bertz CT molecular complexity index is 817. The van der Waals surface area contributed by atoms with Gasteiger partial charge in [-0.2, -0.15) is 0 Å². The molecule has 2 fully saturated rings. The third-order valence-corrected chi connectivity index (χ3v) is 5.67. The quantitative estimate of drug-likeness (QED) is 0.554. The van der Waals surface area contributed by atoms with E-state index in [4.69, 9.17) is 17.3 Å². The monoisotopic (exact) mass is 420 g/mol. The van der Waals surface area contributed by atoms with E-state index < -0.39 is 5.60 Å². The second-order valence-corrected chi connectivity index (χ2v) is 9.03. The normalized spacial score (nSPS) is 19.7. The molecule has 0 radical (unpaired) electrons. The van der Waals surface area contributed by atoms with Crippen molar-refractivity contribution in [3.63, 3.8) is 0 Å². The zero-order valence-corrected chi connectivity index (χ0v) is 18.0. The van der Waals surface area contributed by atoms with Gasteiger partial charge in [-0.25, -0.2) is 9.97 Å². The number of allylic oxidation sites excluding steroid dienone is 1. The molecule has 1 amide bonds. The van der Waals surface area contributed by atoms with Crippen LogP contribution in [0.2, 0.25) is 5.15 Å². The minimum absolute atomic E-state index is 0.149. The fourth-order valence-electron chi connectivity index (χ4n) is 3.78. The lowest BCUT2D eigenvalue weighted by Gasteiger charge is -2.54. The van der Waals surface area contributed by atoms with Crippen LogP contribution in [-0.4, -0.2) is 70.4 Å². The van der Waals surface area contributed by atoms with Gasteiger partial charge in [0, 0.05) is 57.0 Å². The molecule has 3 N–H and O–H groups in total. The number of nitrogens with zero attached hydrogens (tertiary/aromatic N) is 5. The highest BCUT2D eigenvalue weighted by atomic mass is 35.5. The number of rotatable bonds is 5. The summed E-state index contributed by atoms with van der Waals surface area (Å²) in [7, 11) is 0. The molecule has 2 aliphatic heterocycles. The summed E-state index contributed by atoms with van der Waals surface area (Å²) < 4.78 is 0. The van der Waals surface area contributed by atoms with Crippen LogP contribution in [0.25, 0.3) is 5.57 Å². The predicted molar refractivity (Wildman–Crippen MR) is 115 cm³/mol. The maximum atomic E-state index is 11.5. The maximum absolute atomic E-state index is 11.5. The molecule has 2 saturated heterocycles. The van der Waals surface area contributed by atoms with Crippen molar-refractivity contribution in [2.45, 2.75) is 39.2 Å². The summed E-state index contributed by atoms with van der Waals surface area (Å²) in [6.07, 6.45) is 4.96. The van der Waals surface area contributed by atoms with Crippen molar-refractivity contribution in [1.82, 2.24) is 14.9 Å². The number of likely N-dealkylation sites (tertiary alicyclic amines) is 1. The second kappa shape index (κ2) is 8.28. The van der Waals surface area contributed by atoms with Gasteiger partial charge in [0.1, 0.15) is 11.0 Å². The molecule has 9 heteroatoms. The minimum Gasteiger partial charge on any atom is -0.404 e. The molecule has 0 atom stereocenters. The van der Waals surface area contributed by atoms with E-state index in [1.165, 1.54) is 6.20 Å². The summed E-state index contributed by atoms with van der Waals surface area (Å²) in [5.74, 6) is 1.31. The second-order valence-electron chi connectivity index (χ2n) is 8.64. The van der Waals surface area contributed by atoms with Crippen molar-refractivity contribution in [1.29, 1.82) is 0 Å². The van der Waals surface area contributed by atoms with Gasteiger partial charge in [0.2, 0.25) is 5.91 Å². The minimum atomic E-state index is -0.902. The lowest BCUT2D eigenvalue weighted by atomic mass is 9.72. The molecule has 0 saturated carbocycles. The number of amides is 1. The van der Waals surface area contributed by atoms with Crippen molar-refractivity contribution < 1.29 is 9.90 Å². The predicted octanol–water partition coefficient (Wildman–Crippen LogP) is 1.72. The number of halogens is 1. The topological polar surface area (TPSA) is 108 Å². The van der Waals surface area contributed by atoms with E-state index in [9.17, 15) is 9.90 Å². The van der Waals surface area contributed by atoms with E-state index in [1.54, 1.807) is 33.1 Å². The largest absolute Gasteiger partial charge is 0.404 e. The van der Waals surface area contributed by atoms with Crippen LogP contribution in [0.1, 0.15) is 39.4 Å². The number of aliphatic imine (C=N–C) groups is 1. The Labute approximate surface area is 176 Å². The van der Waals surface area contributed by atoms with E-state index in [-0.39, 0.29) is 17.9 Å². The van der Waals surface area contributed by atoms with Crippen LogP contribution in [-0.2, 0) is 4.79 Å². The van der Waals surface area contributed by atoms with E-state index in [1.807, 2.05) is 4.90 Å². The zero-order valence-electron chi connectivity index (χ0n) is 17.2. The fourth-order valence-corrected chi connectivity index (χ4v) is 3.95. The first-order valence-corrected chi connectivity index (χ1v) is 10.2. The molecule has 0 bridgehead atoms. The molecule has 1 aromatic heterocycles. The summed E-state index contributed by atoms with van der Waals surface area (Å²) in [5.41, 5.74) is 5.62. The first-order valence-electron chi connectivity index (χ1n) is 9.80.